The van der Waals surface area contributed by atoms with Crippen molar-refractivity contribution in [2.75, 3.05) is 6.54 Å². The summed E-state index contributed by atoms with van der Waals surface area (Å²) in [5.74, 6) is -0.722. The number of thiophene rings is 1. The molecule has 0 aromatic carbocycles. The number of hydrogen-bond donors (Lipinski definition) is 0. The lowest BCUT2D eigenvalue weighted by atomic mass is 9.97. The molecular weight excluding hydrogens is 274 g/mol. The van der Waals surface area contributed by atoms with E-state index in [2.05, 4.69) is 0 Å². The Morgan fingerprint density at radius 2 is 2.00 bits per heavy atom. The molecule has 0 saturated carbocycles. The van der Waals surface area contributed by atoms with Crippen molar-refractivity contribution in [3.05, 3.63) is 21.3 Å². The van der Waals surface area contributed by atoms with Crippen LogP contribution in [0.3, 0.4) is 0 Å². The number of rotatable bonds is 3. The van der Waals surface area contributed by atoms with E-state index in [0.717, 1.165) is 16.2 Å². The van der Waals surface area contributed by atoms with Crippen LogP contribution in [-0.2, 0) is 9.59 Å². The van der Waals surface area contributed by atoms with E-state index in [4.69, 9.17) is 11.6 Å². The first kappa shape index (κ1) is 13.2. The molecule has 0 N–H and O–H groups in total. The zero-order chi connectivity index (χ0) is 13.3. The first-order chi connectivity index (χ1) is 8.47. The number of hydrogen-bond acceptors (Lipinski definition) is 4. The van der Waals surface area contributed by atoms with Crippen molar-refractivity contribution in [1.29, 1.82) is 0 Å². The third-order valence-corrected chi connectivity index (χ3v) is 4.07. The molecular formula is C12H12ClNO3S. The van der Waals surface area contributed by atoms with Gasteiger partial charge in [-0.25, -0.2) is 0 Å². The molecule has 0 radical (unpaired) electrons. The van der Waals surface area contributed by atoms with Gasteiger partial charge >= 0.3 is 0 Å². The number of nitrogens with zero attached hydrogens (tertiary/aromatic N) is 1. The first-order valence-electron chi connectivity index (χ1n) is 5.59. The minimum Gasteiger partial charge on any atom is -0.291 e. The maximum absolute atomic E-state index is 11.9. The number of likely N-dealkylation sites (tertiary alicyclic amines) is 1. The summed E-state index contributed by atoms with van der Waals surface area (Å²) in [4.78, 5) is 36.9. The van der Waals surface area contributed by atoms with Crippen molar-refractivity contribution in [2.45, 2.75) is 19.8 Å². The van der Waals surface area contributed by atoms with Gasteiger partial charge < -0.3 is 0 Å². The summed E-state index contributed by atoms with van der Waals surface area (Å²) < 4.78 is 0.517. The Morgan fingerprint density at radius 3 is 2.50 bits per heavy atom. The topological polar surface area (TPSA) is 54.5 Å². The minimum absolute atomic E-state index is 0.0625. The maximum atomic E-state index is 11.9. The summed E-state index contributed by atoms with van der Waals surface area (Å²) in [7, 11) is 0. The first-order valence-corrected chi connectivity index (χ1v) is 6.78. The van der Waals surface area contributed by atoms with E-state index in [1.807, 2.05) is 6.92 Å². The lowest BCUT2D eigenvalue weighted by Crippen LogP contribution is -2.45. The lowest BCUT2D eigenvalue weighted by molar-refractivity contribution is -0.149. The molecule has 6 heteroatoms. The molecule has 0 spiro atoms. The highest BCUT2D eigenvalue weighted by Gasteiger charge is 2.31. The Bertz CT molecular complexity index is 493. The quantitative estimate of drug-likeness (QED) is 0.633. The van der Waals surface area contributed by atoms with Crippen LogP contribution in [0, 0.1) is 5.92 Å². The highest BCUT2D eigenvalue weighted by Crippen LogP contribution is 2.23. The fourth-order valence-corrected chi connectivity index (χ4v) is 2.86. The molecule has 1 aliphatic heterocycles. The van der Waals surface area contributed by atoms with Crippen LogP contribution in [0.25, 0.3) is 0 Å². The Hall–Kier alpha value is -1.20. The van der Waals surface area contributed by atoms with Gasteiger partial charge in [-0.3, -0.25) is 19.3 Å². The van der Waals surface area contributed by atoms with Crippen molar-refractivity contribution in [2.24, 2.45) is 5.92 Å². The number of amides is 2. The fraction of sp³-hybridized carbons (Fsp3) is 0.417. The number of ketones is 1. The van der Waals surface area contributed by atoms with Crippen molar-refractivity contribution >= 4 is 40.5 Å². The number of piperidine rings is 1. The van der Waals surface area contributed by atoms with Gasteiger partial charge in [-0.15, -0.1) is 11.3 Å². The molecule has 1 saturated heterocycles. The molecule has 2 amide bonds. The SMILES string of the molecule is CC1CC(=O)N(CC(=O)c2ccc(Cl)s2)C(=O)C1. The minimum atomic E-state index is -0.269. The van der Waals surface area contributed by atoms with Crippen LogP contribution in [0.5, 0.6) is 0 Å². The summed E-state index contributed by atoms with van der Waals surface area (Å²) in [6.07, 6.45) is 0.647. The number of carbonyl (C=O) groups excluding carboxylic acids is 3. The molecule has 1 fully saturated rings. The average molecular weight is 286 g/mol. The van der Waals surface area contributed by atoms with Gasteiger partial charge in [-0.2, -0.15) is 0 Å². The standard InChI is InChI=1S/C12H12ClNO3S/c1-7-4-11(16)14(12(17)5-7)6-8(15)9-2-3-10(13)18-9/h2-3,7H,4-6H2,1H3. The summed E-state index contributed by atoms with van der Waals surface area (Å²) in [6, 6.07) is 3.23. The normalized spacial score (nSPS) is 17.3. The van der Waals surface area contributed by atoms with E-state index in [-0.39, 0.29) is 30.1 Å². The highest BCUT2D eigenvalue weighted by atomic mass is 35.5. The molecule has 2 heterocycles. The zero-order valence-corrected chi connectivity index (χ0v) is 11.4. The molecule has 1 aromatic rings. The van der Waals surface area contributed by atoms with E-state index >= 15 is 0 Å². The van der Waals surface area contributed by atoms with Crippen LogP contribution in [0.1, 0.15) is 29.4 Å². The molecule has 96 valence electrons. The molecule has 1 aromatic heterocycles. The van der Waals surface area contributed by atoms with Gasteiger partial charge in [0.25, 0.3) is 0 Å². The molecule has 18 heavy (non-hydrogen) atoms. The molecule has 1 aliphatic rings. The highest BCUT2D eigenvalue weighted by molar-refractivity contribution is 7.18. The van der Waals surface area contributed by atoms with E-state index in [1.54, 1.807) is 12.1 Å². The van der Waals surface area contributed by atoms with Crippen LogP contribution >= 0.6 is 22.9 Å². The lowest BCUT2D eigenvalue weighted by Gasteiger charge is -2.27. The Labute approximate surface area is 114 Å². The third-order valence-electron chi connectivity index (χ3n) is 2.80. The van der Waals surface area contributed by atoms with E-state index in [0.29, 0.717) is 22.1 Å². The Kier molecular flexibility index (Phi) is 3.82. The third kappa shape index (κ3) is 2.79. The fourth-order valence-electron chi connectivity index (χ4n) is 1.89. The van der Waals surface area contributed by atoms with Gasteiger partial charge in [-0.1, -0.05) is 18.5 Å². The van der Waals surface area contributed by atoms with Crippen LogP contribution < -0.4 is 0 Å². The molecule has 0 aliphatic carbocycles. The summed E-state index contributed by atoms with van der Waals surface area (Å²) >= 11 is 6.90. The second-order valence-corrected chi connectivity index (χ2v) is 6.13. The van der Waals surface area contributed by atoms with Gasteiger partial charge in [0, 0.05) is 12.8 Å². The zero-order valence-electron chi connectivity index (χ0n) is 9.81. The van der Waals surface area contributed by atoms with Crippen molar-refractivity contribution < 1.29 is 14.4 Å². The van der Waals surface area contributed by atoms with E-state index in [1.165, 1.54) is 0 Å². The number of imide groups is 1. The maximum Gasteiger partial charge on any atom is 0.229 e. The largest absolute Gasteiger partial charge is 0.291 e. The number of Topliss-reactive ketones (excluding diaryl/α,β-unsaturated/α-hetero) is 1. The monoisotopic (exact) mass is 285 g/mol. The number of halogens is 1. The Morgan fingerprint density at radius 1 is 1.39 bits per heavy atom. The van der Waals surface area contributed by atoms with Gasteiger partial charge in [0.2, 0.25) is 11.8 Å². The van der Waals surface area contributed by atoms with E-state index in [9.17, 15) is 14.4 Å². The number of carbonyl (C=O) groups is 3. The summed E-state index contributed by atoms with van der Waals surface area (Å²) in [6.45, 7) is 1.68. The van der Waals surface area contributed by atoms with Gasteiger partial charge in [0.1, 0.15) is 0 Å². The van der Waals surface area contributed by atoms with Crippen LogP contribution in [0.4, 0.5) is 0 Å². The molecule has 2 rings (SSSR count). The van der Waals surface area contributed by atoms with Crippen LogP contribution in [-0.4, -0.2) is 29.0 Å². The van der Waals surface area contributed by atoms with Crippen molar-refractivity contribution in [1.82, 2.24) is 4.90 Å². The Balaban J connectivity index is 2.07. The predicted octanol–water partition coefficient (Wildman–Crippen LogP) is 2.37. The summed E-state index contributed by atoms with van der Waals surface area (Å²) in [5, 5.41) is 0. The molecule has 0 atom stereocenters. The van der Waals surface area contributed by atoms with Gasteiger partial charge in [0.05, 0.1) is 15.8 Å². The van der Waals surface area contributed by atoms with E-state index < -0.39 is 0 Å². The average Bonchev–Trinajstić information content (AvgIpc) is 2.70. The summed E-state index contributed by atoms with van der Waals surface area (Å²) in [5.41, 5.74) is 0. The van der Waals surface area contributed by atoms with Gasteiger partial charge in [0.15, 0.2) is 5.78 Å². The molecule has 4 nitrogen and oxygen atoms in total. The second-order valence-electron chi connectivity index (χ2n) is 4.41. The van der Waals surface area contributed by atoms with Crippen LogP contribution in [0.15, 0.2) is 12.1 Å². The van der Waals surface area contributed by atoms with Crippen molar-refractivity contribution in [3.63, 3.8) is 0 Å². The molecule has 0 unspecified atom stereocenters. The molecule has 0 bridgehead atoms. The van der Waals surface area contributed by atoms with Gasteiger partial charge in [-0.05, 0) is 18.1 Å². The smallest absolute Gasteiger partial charge is 0.229 e. The van der Waals surface area contributed by atoms with Crippen LogP contribution in [0.2, 0.25) is 4.34 Å². The predicted molar refractivity (Wildman–Crippen MR) is 68.8 cm³/mol. The second kappa shape index (κ2) is 5.20. The van der Waals surface area contributed by atoms with Crippen molar-refractivity contribution in [3.8, 4) is 0 Å².